The highest BCUT2D eigenvalue weighted by Crippen LogP contribution is 2.46. The van der Waals surface area contributed by atoms with E-state index in [1.807, 2.05) is 0 Å². The van der Waals surface area contributed by atoms with Crippen molar-refractivity contribution in [3.63, 3.8) is 0 Å². The summed E-state index contributed by atoms with van der Waals surface area (Å²) >= 11 is 0. The van der Waals surface area contributed by atoms with Gasteiger partial charge in [-0.25, -0.2) is 4.99 Å². The predicted octanol–water partition coefficient (Wildman–Crippen LogP) is 6.10. The van der Waals surface area contributed by atoms with Crippen molar-refractivity contribution in [2.45, 2.75) is 63.8 Å². The average Bonchev–Trinajstić information content (AvgIpc) is 3.47. The molecule has 13 nitrogen and oxygen atoms in total. The number of ether oxygens (including phenoxy) is 5. The minimum atomic E-state index is -1.69. The molecule has 0 radical (unpaired) electrons. The van der Waals surface area contributed by atoms with E-state index in [1.165, 1.54) is 7.11 Å². The summed E-state index contributed by atoms with van der Waals surface area (Å²) in [6, 6.07) is 19.0. The fourth-order valence-corrected chi connectivity index (χ4v) is 5.21. The SMILES string of the molecule is COc1ccc(CNC(=O)[C@]2(CCC(=O)OC(C)(C)C)N=C(c3ccc(OCCCO)cc3)O[C@@H]2c2ccccc2N=[N+]=[N-])c(OC)c1. The number of nitrogens with zero attached hydrogens (tertiary/aromatic N) is 4. The molecular weight excluding hydrogens is 618 g/mol. The van der Waals surface area contributed by atoms with Gasteiger partial charge in [0.05, 0.1) is 20.8 Å². The minimum absolute atomic E-state index is 0.0140. The molecule has 0 fully saturated rings. The van der Waals surface area contributed by atoms with Crippen LogP contribution in [0, 0.1) is 0 Å². The second kappa shape index (κ2) is 16.0. The molecule has 4 rings (SSSR count). The van der Waals surface area contributed by atoms with Crippen LogP contribution in [0.2, 0.25) is 0 Å². The molecule has 1 aliphatic rings. The van der Waals surface area contributed by atoms with Gasteiger partial charge in [-0.05, 0) is 69.1 Å². The van der Waals surface area contributed by atoms with Crippen molar-refractivity contribution in [1.82, 2.24) is 5.32 Å². The van der Waals surface area contributed by atoms with E-state index in [2.05, 4.69) is 15.3 Å². The topological polar surface area (TPSA) is 174 Å². The Morgan fingerprint density at radius 3 is 2.46 bits per heavy atom. The molecule has 1 amide bonds. The average molecular weight is 660 g/mol. The molecule has 3 aromatic rings. The molecule has 1 heterocycles. The van der Waals surface area contributed by atoms with Crippen LogP contribution in [0.1, 0.15) is 62.8 Å². The molecule has 0 unspecified atom stereocenters. The predicted molar refractivity (Wildman–Crippen MR) is 178 cm³/mol. The molecule has 0 bridgehead atoms. The third-order valence-corrected chi connectivity index (χ3v) is 7.47. The Hall–Kier alpha value is -5.26. The van der Waals surface area contributed by atoms with Crippen molar-refractivity contribution in [1.29, 1.82) is 0 Å². The zero-order valence-corrected chi connectivity index (χ0v) is 27.8. The van der Waals surface area contributed by atoms with Crippen LogP contribution in [0.25, 0.3) is 10.4 Å². The van der Waals surface area contributed by atoms with Gasteiger partial charge >= 0.3 is 5.97 Å². The number of hydrogen-bond acceptors (Lipinski definition) is 10. The maximum absolute atomic E-state index is 14.5. The first-order chi connectivity index (χ1) is 23.0. The van der Waals surface area contributed by atoms with Gasteiger partial charge in [0.1, 0.15) is 22.8 Å². The van der Waals surface area contributed by atoms with Gasteiger partial charge in [0.2, 0.25) is 5.90 Å². The number of aliphatic imine (C=N–C) groups is 1. The molecule has 0 saturated heterocycles. The molecule has 1 aliphatic heterocycles. The highest BCUT2D eigenvalue weighted by molar-refractivity contribution is 6.01. The van der Waals surface area contributed by atoms with Crippen molar-refractivity contribution in [2.24, 2.45) is 10.1 Å². The molecule has 2 N–H and O–H groups in total. The summed E-state index contributed by atoms with van der Waals surface area (Å²) in [5.74, 6) is 0.798. The lowest BCUT2D eigenvalue weighted by atomic mass is 9.82. The van der Waals surface area contributed by atoms with E-state index >= 15 is 0 Å². The first-order valence-corrected chi connectivity index (χ1v) is 15.5. The lowest BCUT2D eigenvalue weighted by Crippen LogP contribution is -2.48. The van der Waals surface area contributed by atoms with Crippen LogP contribution in [-0.2, 0) is 25.6 Å². The number of rotatable bonds is 15. The maximum atomic E-state index is 14.5. The first-order valence-electron chi connectivity index (χ1n) is 15.5. The van der Waals surface area contributed by atoms with Crippen LogP contribution in [0.15, 0.2) is 76.8 Å². The minimum Gasteiger partial charge on any atom is -0.497 e. The van der Waals surface area contributed by atoms with Crippen molar-refractivity contribution >= 4 is 23.5 Å². The maximum Gasteiger partial charge on any atom is 0.306 e. The quantitative estimate of drug-likeness (QED) is 0.0647. The zero-order chi connectivity index (χ0) is 34.7. The number of amides is 1. The van der Waals surface area contributed by atoms with E-state index in [4.69, 9.17) is 33.8 Å². The van der Waals surface area contributed by atoms with E-state index in [-0.39, 0.29) is 37.6 Å². The van der Waals surface area contributed by atoms with Gasteiger partial charge < -0.3 is 34.1 Å². The summed E-state index contributed by atoms with van der Waals surface area (Å²) in [5.41, 5.74) is 8.81. The zero-order valence-electron chi connectivity index (χ0n) is 27.8. The van der Waals surface area contributed by atoms with Gasteiger partial charge in [0, 0.05) is 59.3 Å². The Morgan fingerprint density at radius 1 is 1.06 bits per heavy atom. The van der Waals surface area contributed by atoms with E-state index in [0.717, 1.165) is 0 Å². The van der Waals surface area contributed by atoms with Crippen LogP contribution in [0.3, 0.4) is 0 Å². The number of nitrogens with one attached hydrogen (secondary N) is 1. The second-order valence-electron chi connectivity index (χ2n) is 12.0. The Bertz CT molecular complexity index is 1660. The highest BCUT2D eigenvalue weighted by Gasteiger charge is 2.54. The number of carbonyl (C=O) groups is 2. The molecule has 0 spiro atoms. The molecular formula is C35H41N5O8. The van der Waals surface area contributed by atoms with Gasteiger partial charge in [-0.1, -0.05) is 29.4 Å². The highest BCUT2D eigenvalue weighted by atomic mass is 16.6. The summed E-state index contributed by atoms with van der Waals surface area (Å²) in [5, 5.41) is 15.9. The largest absolute Gasteiger partial charge is 0.497 e. The Kier molecular flexibility index (Phi) is 11.9. The number of benzene rings is 3. The number of carbonyl (C=O) groups excluding carboxylic acids is 2. The first kappa shape index (κ1) is 35.6. The smallest absolute Gasteiger partial charge is 0.306 e. The van der Waals surface area contributed by atoms with E-state index in [0.29, 0.717) is 47.0 Å². The summed E-state index contributed by atoms with van der Waals surface area (Å²) in [6.07, 6.45) is -0.847. The van der Waals surface area contributed by atoms with Crippen molar-refractivity contribution in [3.8, 4) is 17.2 Å². The Morgan fingerprint density at radius 2 is 1.79 bits per heavy atom. The second-order valence-corrected chi connectivity index (χ2v) is 12.0. The third kappa shape index (κ3) is 8.75. The summed E-state index contributed by atoms with van der Waals surface area (Å²) in [7, 11) is 3.07. The number of methoxy groups -OCH3 is 2. The number of azide groups is 1. The van der Waals surface area contributed by atoms with Gasteiger partial charge in [0.25, 0.3) is 5.91 Å². The number of aliphatic hydroxyl groups is 1. The summed E-state index contributed by atoms with van der Waals surface area (Å²) in [6.45, 7) is 5.72. The number of esters is 1. The van der Waals surface area contributed by atoms with Crippen molar-refractivity contribution < 1.29 is 38.4 Å². The fourth-order valence-electron chi connectivity index (χ4n) is 5.21. The molecule has 254 valence electrons. The molecule has 3 aromatic carbocycles. The molecule has 0 aromatic heterocycles. The van der Waals surface area contributed by atoms with E-state index in [9.17, 15) is 15.1 Å². The Balaban J connectivity index is 1.79. The van der Waals surface area contributed by atoms with Gasteiger partial charge in [0.15, 0.2) is 11.6 Å². The lowest BCUT2D eigenvalue weighted by molar-refractivity contribution is -0.155. The standard InChI is InChI=1S/C35H41N5O8/c1-34(2,3)48-30(42)17-18-35(33(43)37-22-24-13-16-26(44-4)21-29(24)45-5)31(27-9-6-7-10-28(27)39-40-36)47-32(38-35)23-11-14-25(15-12-23)46-20-8-19-41/h6-7,9-16,21,31,41H,8,17-20,22H2,1-5H3,(H,37,43)/t31-,35-/m1/s1. The van der Waals surface area contributed by atoms with E-state index < -0.39 is 29.1 Å². The van der Waals surface area contributed by atoms with Gasteiger partial charge in [-0.2, -0.15) is 0 Å². The number of hydrogen-bond donors (Lipinski definition) is 2. The van der Waals surface area contributed by atoms with Crippen LogP contribution in [0.5, 0.6) is 17.2 Å². The lowest BCUT2D eigenvalue weighted by Gasteiger charge is -2.31. The molecule has 0 aliphatic carbocycles. The van der Waals surface area contributed by atoms with Gasteiger partial charge in [-0.15, -0.1) is 0 Å². The third-order valence-electron chi connectivity index (χ3n) is 7.47. The van der Waals surface area contributed by atoms with E-state index in [1.54, 1.807) is 94.6 Å². The van der Waals surface area contributed by atoms with Crippen molar-refractivity contribution in [3.05, 3.63) is 93.9 Å². The summed E-state index contributed by atoms with van der Waals surface area (Å²) < 4.78 is 28.6. The van der Waals surface area contributed by atoms with Crippen molar-refractivity contribution in [2.75, 3.05) is 27.4 Å². The Labute approximate surface area is 279 Å². The van der Waals surface area contributed by atoms with Crippen LogP contribution in [0.4, 0.5) is 5.69 Å². The van der Waals surface area contributed by atoms with Gasteiger partial charge in [-0.3, -0.25) is 9.59 Å². The number of aliphatic hydroxyl groups excluding tert-OH is 1. The fraction of sp³-hybridized carbons (Fsp3) is 0.400. The van der Waals surface area contributed by atoms with Crippen LogP contribution >= 0.6 is 0 Å². The van der Waals surface area contributed by atoms with Crippen LogP contribution < -0.4 is 19.5 Å². The summed E-state index contributed by atoms with van der Waals surface area (Å²) in [4.78, 5) is 35.5. The molecule has 0 saturated carbocycles. The molecule has 13 heteroatoms. The monoisotopic (exact) mass is 659 g/mol. The molecule has 2 atom stereocenters. The molecule has 48 heavy (non-hydrogen) atoms. The van der Waals surface area contributed by atoms with Crippen LogP contribution in [-0.4, -0.2) is 61.5 Å². The normalized spacial score (nSPS) is 17.0.